The Morgan fingerprint density at radius 3 is 2.68 bits per heavy atom. The number of halogens is 2. The molecule has 0 bridgehead atoms. The van der Waals surface area contributed by atoms with Crippen LogP contribution in [0.2, 0.25) is 0 Å². The fraction of sp³-hybridized carbons (Fsp3) is 0.0833. The molecule has 0 saturated heterocycles. The Balaban J connectivity index is 1.91. The lowest BCUT2D eigenvalue weighted by Gasteiger charge is -2.07. The molecule has 19 heavy (non-hydrogen) atoms. The van der Waals surface area contributed by atoms with Crippen molar-refractivity contribution in [2.75, 3.05) is 5.32 Å². The molecule has 2 aromatic rings. The van der Waals surface area contributed by atoms with Crippen LogP contribution >= 0.6 is 31.9 Å². The van der Waals surface area contributed by atoms with Gasteiger partial charge < -0.3 is 4.74 Å². The number of carbonyl (C=O) groups is 1. The molecule has 0 radical (unpaired) electrons. The third kappa shape index (κ3) is 4.29. The second kappa shape index (κ2) is 6.63. The molecule has 1 amide bonds. The van der Waals surface area contributed by atoms with Crippen LogP contribution < -0.4 is 5.32 Å². The summed E-state index contributed by atoms with van der Waals surface area (Å²) in [6.07, 6.45) is 0.901. The van der Waals surface area contributed by atoms with E-state index in [-0.39, 0.29) is 6.61 Å². The fourth-order valence-electron chi connectivity index (χ4n) is 1.29. The number of anilines is 1. The number of hydrogen-bond acceptors (Lipinski definition) is 4. The molecule has 1 aromatic carbocycles. The molecule has 0 atom stereocenters. The van der Waals surface area contributed by atoms with Gasteiger partial charge >= 0.3 is 6.09 Å². The number of benzene rings is 1. The van der Waals surface area contributed by atoms with E-state index in [4.69, 9.17) is 4.74 Å². The highest BCUT2D eigenvalue weighted by molar-refractivity contribution is 9.11. The SMILES string of the molecule is O=C(Nc1ncc(Br)nc1Br)OCc1ccccc1. The summed E-state index contributed by atoms with van der Waals surface area (Å²) in [6.45, 7) is 0.203. The van der Waals surface area contributed by atoms with Gasteiger partial charge in [0.15, 0.2) is 5.82 Å². The molecule has 0 aliphatic heterocycles. The van der Waals surface area contributed by atoms with Crippen molar-refractivity contribution in [1.29, 1.82) is 0 Å². The van der Waals surface area contributed by atoms with E-state index < -0.39 is 6.09 Å². The third-order valence-electron chi connectivity index (χ3n) is 2.13. The van der Waals surface area contributed by atoms with Crippen molar-refractivity contribution in [3.8, 4) is 0 Å². The maximum Gasteiger partial charge on any atom is 0.413 e. The van der Waals surface area contributed by atoms with Crippen molar-refractivity contribution in [1.82, 2.24) is 9.97 Å². The minimum Gasteiger partial charge on any atom is -0.444 e. The van der Waals surface area contributed by atoms with Crippen LogP contribution in [0.3, 0.4) is 0 Å². The molecule has 0 aliphatic carbocycles. The van der Waals surface area contributed by atoms with Crippen LogP contribution in [0.25, 0.3) is 0 Å². The van der Waals surface area contributed by atoms with Gasteiger partial charge in [-0.15, -0.1) is 0 Å². The van der Waals surface area contributed by atoms with Gasteiger partial charge in [0.1, 0.15) is 15.8 Å². The summed E-state index contributed by atoms with van der Waals surface area (Å²) in [5.41, 5.74) is 0.915. The van der Waals surface area contributed by atoms with Crippen LogP contribution in [0.15, 0.2) is 45.7 Å². The molecule has 98 valence electrons. The topological polar surface area (TPSA) is 64.1 Å². The first-order valence-corrected chi connectivity index (χ1v) is 6.89. The van der Waals surface area contributed by atoms with Crippen molar-refractivity contribution in [3.05, 3.63) is 51.3 Å². The predicted octanol–water partition coefficient (Wildman–Crippen LogP) is 3.75. The number of nitrogens with one attached hydrogen (secondary N) is 1. The molecule has 2 rings (SSSR count). The van der Waals surface area contributed by atoms with Gasteiger partial charge in [-0.05, 0) is 37.4 Å². The number of ether oxygens (including phenoxy) is 1. The van der Waals surface area contributed by atoms with Crippen molar-refractivity contribution in [2.45, 2.75) is 6.61 Å². The lowest BCUT2D eigenvalue weighted by molar-refractivity contribution is 0.155. The summed E-state index contributed by atoms with van der Waals surface area (Å²) < 4.78 is 6.07. The first-order valence-electron chi connectivity index (χ1n) is 5.31. The monoisotopic (exact) mass is 385 g/mol. The number of aromatic nitrogens is 2. The minimum atomic E-state index is -0.582. The van der Waals surface area contributed by atoms with Crippen molar-refractivity contribution in [2.24, 2.45) is 0 Å². The van der Waals surface area contributed by atoms with Gasteiger partial charge in [-0.2, -0.15) is 0 Å². The van der Waals surface area contributed by atoms with Gasteiger partial charge in [-0.3, -0.25) is 5.32 Å². The van der Waals surface area contributed by atoms with Gasteiger partial charge in [-0.25, -0.2) is 14.8 Å². The Kier molecular flexibility index (Phi) is 4.86. The zero-order chi connectivity index (χ0) is 13.7. The molecule has 0 fully saturated rings. The quantitative estimate of drug-likeness (QED) is 0.872. The van der Waals surface area contributed by atoms with Gasteiger partial charge in [0, 0.05) is 0 Å². The van der Waals surface area contributed by atoms with Crippen LogP contribution in [-0.4, -0.2) is 16.1 Å². The maximum atomic E-state index is 11.6. The molecule has 1 N–H and O–H groups in total. The smallest absolute Gasteiger partial charge is 0.413 e. The Morgan fingerprint density at radius 1 is 1.26 bits per heavy atom. The van der Waals surface area contributed by atoms with E-state index in [2.05, 4.69) is 47.1 Å². The maximum absolute atomic E-state index is 11.6. The molecular formula is C12H9Br2N3O2. The van der Waals surface area contributed by atoms with Crippen LogP contribution in [-0.2, 0) is 11.3 Å². The lowest BCUT2D eigenvalue weighted by Crippen LogP contribution is -2.15. The lowest BCUT2D eigenvalue weighted by atomic mass is 10.2. The highest BCUT2D eigenvalue weighted by Crippen LogP contribution is 2.19. The Hall–Kier alpha value is -1.47. The Bertz CT molecular complexity index is 578. The molecule has 1 heterocycles. The standard InChI is InChI=1S/C12H9Br2N3O2/c13-9-6-15-11(10(14)16-9)17-12(18)19-7-8-4-2-1-3-5-8/h1-6H,7H2,(H,15,17,18). The van der Waals surface area contributed by atoms with E-state index in [0.717, 1.165) is 5.56 Å². The molecule has 0 unspecified atom stereocenters. The van der Waals surface area contributed by atoms with Crippen molar-refractivity contribution < 1.29 is 9.53 Å². The van der Waals surface area contributed by atoms with E-state index >= 15 is 0 Å². The average molecular weight is 387 g/mol. The first-order chi connectivity index (χ1) is 9.15. The second-order valence-corrected chi connectivity index (χ2v) is 5.08. The van der Waals surface area contributed by atoms with E-state index in [9.17, 15) is 4.79 Å². The summed E-state index contributed by atoms with van der Waals surface area (Å²) in [4.78, 5) is 19.6. The summed E-state index contributed by atoms with van der Waals surface area (Å²) in [7, 11) is 0. The molecule has 1 aromatic heterocycles. The number of hydrogen-bond donors (Lipinski definition) is 1. The Labute approximate surface area is 126 Å². The fourth-order valence-corrected chi connectivity index (χ4v) is 2.20. The van der Waals surface area contributed by atoms with Crippen LogP contribution in [0.5, 0.6) is 0 Å². The zero-order valence-corrected chi connectivity index (χ0v) is 12.8. The average Bonchev–Trinajstić information content (AvgIpc) is 2.41. The number of rotatable bonds is 3. The summed E-state index contributed by atoms with van der Waals surface area (Å²) in [5, 5.41) is 2.51. The summed E-state index contributed by atoms with van der Waals surface area (Å²) >= 11 is 6.37. The van der Waals surface area contributed by atoms with E-state index in [0.29, 0.717) is 15.0 Å². The number of amides is 1. The number of nitrogens with zero attached hydrogens (tertiary/aromatic N) is 2. The van der Waals surface area contributed by atoms with Gasteiger partial charge in [0.25, 0.3) is 0 Å². The van der Waals surface area contributed by atoms with Crippen LogP contribution in [0.4, 0.5) is 10.6 Å². The third-order valence-corrected chi connectivity index (χ3v) is 3.07. The normalized spacial score (nSPS) is 10.0. The highest BCUT2D eigenvalue weighted by atomic mass is 79.9. The summed E-state index contributed by atoms with van der Waals surface area (Å²) in [5.74, 6) is 0.307. The second-order valence-electron chi connectivity index (χ2n) is 3.52. The number of carbonyl (C=O) groups excluding carboxylic acids is 1. The van der Waals surface area contributed by atoms with Crippen molar-refractivity contribution in [3.63, 3.8) is 0 Å². The molecule has 0 aliphatic rings. The van der Waals surface area contributed by atoms with Gasteiger partial charge in [0.2, 0.25) is 0 Å². The Morgan fingerprint density at radius 2 is 2.00 bits per heavy atom. The first kappa shape index (κ1) is 14.0. The zero-order valence-electron chi connectivity index (χ0n) is 9.64. The van der Waals surface area contributed by atoms with Gasteiger partial charge in [0.05, 0.1) is 6.20 Å². The minimum absolute atomic E-state index is 0.203. The summed E-state index contributed by atoms with van der Waals surface area (Å²) in [6, 6.07) is 9.42. The van der Waals surface area contributed by atoms with Crippen LogP contribution in [0, 0.1) is 0 Å². The molecule has 0 spiro atoms. The van der Waals surface area contributed by atoms with Gasteiger partial charge in [-0.1, -0.05) is 30.3 Å². The van der Waals surface area contributed by atoms with E-state index in [1.807, 2.05) is 30.3 Å². The molecule has 7 heteroatoms. The van der Waals surface area contributed by atoms with Crippen LogP contribution in [0.1, 0.15) is 5.56 Å². The highest BCUT2D eigenvalue weighted by Gasteiger charge is 2.09. The molecule has 5 nitrogen and oxygen atoms in total. The van der Waals surface area contributed by atoms with E-state index in [1.165, 1.54) is 6.20 Å². The largest absolute Gasteiger partial charge is 0.444 e. The van der Waals surface area contributed by atoms with Crippen molar-refractivity contribution >= 4 is 43.8 Å². The predicted molar refractivity (Wildman–Crippen MR) is 77.7 cm³/mol. The molecule has 0 saturated carbocycles. The van der Waals surface area contributed by atoms with E-state index in [1.54, 1.807) is 0 Å². The molecular weight excluding hydrogens is 378 g/mol.